The smallest absolute Gasteiger partial charge is 0.306 e. The van der Waals surface area contributed by atoms with Crippen molar-refractivity contribution in [3.63, 3.8) is 0 Å². The largest absolute Gasteiger partial charge is 0.496 e. The number of ether oxygens (including phenoxy) is 2. The first kappa shape index (κ1) is 22.3. The minimum Gasteiger partial charge on any atom is -0.496 e. The Labute approximate surface area is 181 Å². The average molecular weight is 423 g/mol. The number of halogens is 1. The molecule has 0 bridgehead atoms. The van der Waals surface area contributed by atoms with Gasteiger partial charge in [0.25, 0.3) is 0 Å². The second kappa shape index (κ2) is 10.1. The Bertz CT molecular complexity index is 1070. The van der Waals surface area contributed by atoms with E-state index < -0.39 is 5.97 Å². The number of hydrogen-bond acceptors (Lipinski definition) is 4. The van der Waals surface area contributed by atoms with Crippen molar-refractivity contribution in [2.45, 2.75) is 33.2 Å². The van der Waals surface area contributed by atoms with Crippen LogP contribution < -0.4 is 4.74 Å². The van der Waals surface area contributed by atoms with Crippen LogP contribution in [0.4, 0.5) is 4.39 Å². The SMILES string of the molecule is COc1ccccc1CCC(=O)OCC(=O)c1cc(C)n(Cc2ccc(F)cc2)c1C. The van der Waals surface area contributed by atoms with Gasteiger partial charge < -0.3 is 14.0 Å². The predicted octanol–water partition coefficient (Wildman–Crippen LogP) is 4.66. The Morgan fingerprint density at radius 1 is 1.03 bits per heavy atom. The lowest BCUT2D eigenvalue weighted by atomic mass is 10.1. The number of hydrogen-bond donors (Lipinski definition) is 0. The molecule has 0 spiro atoms. The maximum absolute atomic E-state index is 13.1. The van der Waals surface area contributed by atoms with Gasteiger partial charge in [-0.1, -0.05) is 30.3 Å². The number of Topliss-reactive ketones (excluding diaryl/α,β-unsaturated/α-hetero) is 1. The molecule has 1 heterocycles. The summed E-state index contributed by atoms with van der Waals surface area (Å²) in [6.45, 7) is 4.00. The molecule has 0 saturated carbocycles. The van der Waals surface area contributed by atoms with Crippen LogP contribution in [-0.4, -0.2) is 30.0 Å². The fourth-order valence-electron chi connectivity index (χ4n) is 3.54. The highest BCUT2D eigenvalue weighted by atomic mass is 19.1. The van der Waals surface area contributed by atoms with Gasteiger partial charge in [0.1, 0.15) is 11.6 Å². The van der Waals surface area contributed by atoms with Crippen LogP contribution in [0, 0.1) is 19.7 Å². The van der Waals surface area contributed by atoms with Crippen LogP contribution in [-0.2, 0) is 22.5 Å². The first-order chi connectivity index (χ1) is 14.9. The summed E-state index contributed by atoms with van der Waals surface area (Å²) >= 11 is 0. The van der Waals surface area contributed by atoms with Gasteiger partial charge in [-0.3, -0.25) is 9.59 Å². The van der Waals surface area contributed by atoms with Crippen molar-refractivity contribution < 1.29 is 23.5 Å². The van der Waals surface area contributed by atoms with Crippen LogP contribution in [0.1, 0.15) is 39.3 Å². The summed E-state index contributed by atoms with van der Waals surface area (Å²) in [7, 11) is 1.59. The van der Waals surface area contributed by atoms with Crippen LogP contribution in [0.25, 0.3) is 0 Å². The zero-order chi connectivity index (χ0) is 22.4. The number of methoxy groups -OCH3 is 1. The van der Waals surface area contributed by atoms with Crippen LogP contribution >= 0.6 is 0 Å². The number of aromatic nitrogens is 1. The third kappa shape index (κ3) is 5.60. The summed E-state index contributed by atoms with van der Waals surface area (Å²) in [5, 5.41) is 0. The molecule has 31 heavy (non-hydrogen) atoms. The first-order valence-electron chi connectivity index (χ1n) is 10.1. The van der Waals surface area contributed by atoms with Gasteiger partial charge in [0.15, 0.2) is 6.61 Å². The summed E-state index contributed by atoms with van der Waals surface area (Å²) < 4.78 is 25.6. The lowest BCUT2D eigenvalue weighted by molar-refractivity contribution is -0.142. The molecule has 0 atom stereocenters. The second-order valence-electron chi connectivity index (χ2n) is 7.39. The van der Waals surface area contributed by atoms with E-state index >= 15 is 0 Å². The van der Waals surface area contributed by atoms with Crippen molar-refractivity contribution in [3.8, 4) is 5.75 Å². The normalized spacial score (nSPS) is 10.7. The maximum Gasteiger partial charge on any atom is 0.306 e. The van der Waals surface area contributed by atoms with Crippen molar-refractivity contribution in [2.24, 2.45) is 0 Å². The van der Waals surface area contributed by atoms with E-state index in [9.17, 15) is 14.0 Å². The zero-order valence-electron chi connectivity index (χ0n) is 18.0. The second-order valence-corrected chi connectivity index (χ2v) is 7.39. The van der Waals surface area contributed by atoms with Crippen LogP contribution in [0.3, 0.4) is 0 Å². The predicted molar refractivity (Wildman–Crippen MR) is 116 cm³/mol. The third-order valence-corrected chi connectivity index (χ3v) is 5.28. The van der Waals surface area contributed by atoms with E-state index in [4.69, 9.17) is 9.47 Å². The van der Waals surface area contributed by atoms with Crippen molar-refractivity contribution >= 4 is 11.8 Å². The molecule has 1 aromatic heterocycles. The number of carbonyl (C=O) groups excluding carboxylic acids is 2. The zero-order valence-corrected chi connectivity index (χ0v) is 18.0. The minimum atomic E-state index is -0.431. The molecular weight excluding hydrogens is 397 g/mol. The highest BCUT2D eigenvalue weighted by molar-refractivity contribution is 5.99. The van der Waals surface area contributed by atoms with E-state index in [0.29, 0.717) is 18.5 Å². The molecule has 0 fully saturated rings. The molecule has 6 heteroatoms. The van der Waals surface area contributed by atoms with E-state index in [1.807, 2.05) is 42.7 Å². The Kier molecular flexibility index (Phi) is 7.23. The molecule has 0 amide bonds. The van der Waals surface area contributed by atoms with Crippen molar-refractivity contribution in [1.29, 1.82) is 0 Å². The van der Waals surface area contributed by atoms with E-state index in [0.717, 1.165) is 28.3 Å². The molecule has 3 rings (SSSR count). The first-order valence-corrected chi connectivity index (χ1v) is 10.1. The van der Waals surface area contributed by atoms with Gasteiger partial charge in [-0.2, -0.15) is 0 Å². The monoisotopic (exact) mass is 423 g/mol. The number of aryl methyl sites for hydroxylation is 2. The van der Waals surface area contributed by atoms with E-state index in [-0.39, 0.29) is 24.6 Å². The number of rotatable bonds is 9. The Morgan fingerprint density at radius 2 is 1.74 bits per heavy atom. The van der Waals surface area contributed by atoms with Gasteiger partial charge >= 0.3 is 5.97 Å². The lowest BCUT2D eigenvalue weighted by Gasteiger charge is -2.10. The summed E-state index contributed by atoms with van der Waals surface area (Å²) in [4.78, 5) is 24.8. The summed E-state index contributed by atoms with van der Waals surface area (Å²) in [5.41, 5.74) is 4.07. The van der Waals surface area contributed by atoms with Crippen LogP contribution in [0.15, 0.2) is 54.6 Å². The van der Waals surface area contributed by atoms with Gasteiger partial charge in [0, 0.05) is 29.9 Å². The molecule has 0 unspecified atom stereocenters. The minimum absolute atomic E-state index is 0.164. The maximum atomic E-state index is 13.1. The number of para-hydroxylation sites is 1. The average Bonchev–Trinajstić information content (AvgIpc) is 3.06. The quantitative estimate of drug-likeness (QED) is 0.371. The molecule has 5 nitrogen and oxygen atoms in total. The molecule has 0 saturated heterocycles. The summed E-state index contributed by atoms with van der Waals surface area (Å²) in [6.07, 6.45) is 0.639. The molecule has 0 aliphatic heterocycles. The number of esters is 1. The molecule has 0 aliphatic rings. The number of carbonyl (C=O) groups is 2. The standard InChI is InChI=1S/C25H26FNO4/c1-17-14-22(18(2)27(17)15-19-8-11-21(26)12-9-19)23(28)16-31-25(29)13-10-20-6-4-5-7-24(20)30-3/h4-9,11-12,14H,10,13,15-16H2,1-3H3. The molecule has 3 aromatic rings. The number of benzene rings is 2. The molecule has 0 radical (unpaired) electrons. The summed E-state index contributed by atoms with van der Waals surface area (Å²) in [5.74, 6) is -0.239. The van der Waals surface area contributed by atoms with Gasteiger partial charge in [0.05, 0.1) is 7.11 Å². The third-order valence-electron chi connectivity index (χ3n) is 5.28. The fourth-order valence-corrected chi connectivity index (χ4v) is 3.54. The Balaban J connectivity index is 1.58. The number of nitrogens with zero attached hydrogens (tertiary/aromatic N) is 1. The number of ketones is 1. The van der Waals surface area contributed by atoms with E-state index in [1.54, 1.807) is 25.3 Å². The van der Waals surface area contributed by atoms with Crippen molar-refractivity contribution in [3.05, 3.63) is 88.5 Å². The van der Waals surface area contributed by atoms with Crippen molar-refractivity contribution in [2.75, 3.05) is 13.7 Å². The van der Waals surface area contributed by atoms with Gasteiger partial charge in [0.2, 0.25) is 5.78 Å². The molecule has 162 valence electrons. The Morgan fingerprint density at radius 3 is 2.45 bits per heavy atom. The highest BCUT2D eigenvalue weighted by Gasteiger charge is 2.18. The van der Waals surface area contributed by atoms with Crippen molar-refractivity contribution in [1.82, 2.24) is 4.57 Å². The topological polar surface area (TPSA) is 57.5 Å². The summed E-state index contributed by atoms with van der Waals surface area (Å²) in [6, 6.07) is 15.6. The van der Waals surface area contributed by atoms with Gasteiger partial charge in [-0.15, -0.1) is 0 Å². The van der Waals surface area contributed by atoms with E-state index in [2.05, 4.69) is 0 Å². The van der Waals surface area contributed by atoms with Crippen LogP contribution in [0.2, 0.25) is 0 Å². The molecule has 2 aromatic carbocycles. The van der Waals surface area contributed by atoms with Crippen LogP contribution in [0.5, 0.6) is 5.75 Å². The highest BCUT2D eigenvalue weighted by Crippen LogP contribution is 2.20. The van der Waals surface area contributed by atoms with Gasteiger partial charge in [-0.25, -0.2) is 4.39 Å². The van der Waals surface area contributed by atoms with E-state index in [1.165, 1.54) is 12.1 Å². The fraction of sp³-hybridized carbons (Fsp3) is 0.280. The van der Waals surface area contributed by atoms with Gasteiger partial charge in [-0.05, 0) is 55.7 Å². The molecular formula is C25H26FNO4. The lowest BCUT2D eigenvalue weighted by Crippen LogP contribution is -2.15. The Hall–Kier alpha value is -3.41. The molecule has 0 aliphatic carbocycles. The molecule has 0 N–H and O–H groups in total.